The summed E-state index contributed by atoms with van der Waals surface area (Å²) >= 11 is 0. The largest absolute Gasteiger partial charge is 0.550 e. The number of quaternary nitrogens is 1. The number of hydrogen-bond donors (Lipinski definition) is 4. The molecule has 39 heavy (non-hydrogen) atoms. The van der Waals surface area contributed by atoms with Crippen LogP contribution < -0.4 is 10.4 Å². The number of aliphatic hydroxyl groups is 1. The lowest BCUT2D eigenvalue weighted by Gasteiger charge is -2.22. The first-order chi connectivity index (χ1) is 18.7. The fourth-order valence-electron chi connectivity index (χ4n) is 5.16. The van der Waals surface area contributed by atoms with Crippen LogP contribution in [0.25, 0.3) is 0 Å². The highest BCUT2D eigenvalue weighted by Crippen LogP contribution is 2.37. The molecule has 3 aromatic carbocycles. The zero-order chi connectivity index (χ0) is 28.4. The van der Waals surface area contributed by atoms with Gasteiger partial charge < -0.3 is 30.5 Å². The Morgan fingerprint density at radius 3 is 2.08 bits per heavy atom. The summed E-state index contributed by atoms with van der Waals surface area (Å²) in [7, 11) is 0. The van der Waals surface area contributed by atoms with Crippen molar-refractivity contribution in [3.8, 4) is 5.75 Å². The molecule has 3 aromatic rings. The van der Waals surface area contributed by atoms with E-state index in [1.54, 1.807) is 6.07 Å². The molecule has 0 aromatic heterocycles. The summed E-state index contributed by atoms with van der Waals surface area (Å²) in [6, 6.07) is 23.3. The lowest BCUT2D eigenvalue weighted by molar-refractivity contribution is -0.694. The van der Waals surface area contributed by atoms with Crippen molar-refractivity contribution in [3.05, 3.63) is 100 Å². The molecule has 7 heteroatoms. The van der Waals surface area contributed by atoms with Gasteiger partial charge in [0.2, 0.25) is 0 Å². The first kappa shape index (κ1) is 29.9. The van der Waals surface area contributed by atoms with Gasteiger partial charge in [-0.2, -0.15) is 0 Å². The SMILES string of the molecule is Cc1cc(C(O)C(C)[NH2+]CCCC2c3ccccc3CCc3ccccc32)ccc1O.O=C([O-])CCC(=O)O. The molecule has 0 amide bonds. The number of carbonyl (C=O) groups is 2. The molecule has 1 aliphatic carbocycles. The number of phenolic OH excluding ortho intramolecular Hbond substituents is 1. The van der Waals surface area contributed by atoms with Gasteiger partial charge in [-0.3, -0.25) is 4.79 Å². The Kier molecular flexibility index (Phi) is 11.1. The van der Waals surface area contributed by atoms with Gasteiger partial charge in [-0.1, -0.05) is 54.6 Å². The van der Waals surface area contributed by atoms with Crippen LogP contribution in [-0.4, -0.2) is 39.8 Å². The third kappa shape index (κ3) is 8.67. The number of fused-ring (bicyclic) bond motifs is 2. The van der Waals surface area contributed by atoms with Crippen LogP contribution in [0.5, 0.6) is 5.75 Å². The van der Waals surface area contributed by atoms with Gasteiger partial charge in [0.25, 0.3) is 0 Å². The summed E-state index contributed by atoms with van der Waals surface area (Å²) < 4.78 is 0. The van der Waals surface area contributed by atoms with E-state index in [1.807, 2.05) is 19.1 Å². The lowest BCUT2D eigenvalue weighted by atomic mass is 9.85. The molecule has 0 spiro atoms. The highest BCUT2D eigenvalue weighted by Gasteiger charge is 2.24. The Labute approximate surface area is 230 Å². The van der Waals surface area contributed by atoms with Crippen LogP contribution in [0.3, 0.4) is 0 Å². The second-order valence-corrected chi connectivity index (χ2v) is 10.2. The Morgan fingerprint density at radius 2 is 1.56 bits per heavy atom. The first-order valence-electron chi connectivity index (χ1n) is 13.6. The van der Waals surface area contributed by atoms with E-state index >= 15 is 0 Å². The van der Waals surface area contributed by atoms with Gasteiger partial charge in [0, 0.05) is 11.9 Å². The molecule has 1 aliphatic rings. The smallest absolute Gasteiger partial charge is 0.303 e. The maximum atomic E-state index is 10.7. The summed E-state index contributed by atoms with van der Waals surface area (Å²) in [6.07, 6.45) is 3.14. The van der Waals surface area contributed by atoms with Gasteiger partial charge in [-0.25, -0.2) is 0 Å². The standard InChI is InChI=1S/C28H33NO2.C4H6O4/c1-19-18-23(15-16-27(19)30)28(31)20(2)29-17-7-12-26-24-10-5-3-8-21(24)13-14-22-9-4-6-11-25(22)26;5-3(6)1-2-4(7)8/h3-6,8-11,15-16,18,20,26,28-31H,7,12-14,17H2,1-2H3;1-2H2,(H,5,6)(H,7,8). The molecule has 2 atom stereocenters. The number of carboxylic acids is 2. The van der Waals surface area contributed by atoms with E-state index in [-0.39, 0.29) is 18.2 Å². The number of carboxylic acid groups (broad SMARTS) is 2. The Morgan fingerprint density at radius 1 is 0.974 bits per heavy atom. The average Bonchev–Trinajstić information content (AvgIpc) is 3.08. The summed E-state index contributed by atoms with van der Waals surface area (Å²) in [5.41, 5.74) is 7.61. The molecule has 2 unspecified atom stereocenters. The molecular weight excluding hydrogens is 494 g/mol. The summed E-state index contributed by atoms with van der Waals surface area (Å²) in [4.78, 5) is 19.1. The number of hydrogen-bond acceptors (Lipinski definition) is 5. The van der Waals surface area contributed by atoms with Gasteiger partial charge in [-0.05, 0) is 91.5 Å². The van der Waals surface area contributed by atoms with E-state index in [0.29, 0.717) is 5.92 Å². The third-order valence-corrected chi connectivity index (χ3v) is 7.36. The molecule has 4 rings (SSSR count). The van der Waals surface area contributed by atoms with E-state index < -0.39 is 24.5 Å². The van der Waals surface area contributed by atoms with Crippen molar-refractivity contribution in [2.24, 2.45) is 0 Å². The summed E-state index contributed by atoms with van der Waals surface area (Å²) in [6.45, 7) is 4.92. The molecule has 5 N–H and O–H groups in total. The van der Waals surface area contributed by atoms with E-state index in [9.17, 15) is 24.9 Å². The minimum atomic E-state index is -1.33. The Balaban J connectivity index is 0.000000459. The van der Waals surface area contributed by atoms with Crippen LogP contribution in [-0.2, 0) is 22.4 Å². The van der Waals surface area contributed by atoms with Crippen LogP contribution in [0.1, 0.15) is 78.0 Å². The quantitative estimate of drug-likeness (QED) is 0.296. The van der Waals surface area contributed by atoms with Gasteiger partial charge in [0.05, 0.1) is 13.0 Å². The maximum Gasteiger partial charge on any atom is 0.303 e. The zero-order valence-corrected chi connectivity index (χ0v) is 22.7. The van der Waals surface area contributed by atoms with E-state index in [1.165, 1.54) is 22.3 Å². The second-order valence-electron chi connectivity index (χ2n) is 10.2. The number of benzene rings is 3. The first-order valence-corrected chi connectivity index (χ1v) is 13.6. The van der Waals surface area contributed by atoms with Crippen LogP contribution in [0.4, 0.5) is 0 Å². The highest BCUT2D eigenvalue weighted by atomic mass is 16.4. The summed E-state index contributed by atoms with van der Waals surface area (Å²) in [5, 5.41) is 40.1. The van der Waals surface area contributed by atoms with Crippen LogP contribution in [0, 0.1) is 6.92 Å². The van der Waals surface area contributed by atoms with Crippen LogP contribution in [0.2, 0.25) is 0 Å². The molecule has 0 aliphatic heterocycles. The van der Waals surface area contributed by atoms with Crippen molar-refractivity contribution < 1.29 is 35.3 Å². The van der Waals surface area contributed by atoms with Gasteiger partial charge in [0.15, 0.2) is 0 Å². The van der Waals surface area contributed by atoms with Crippen molar-refractivity contribution in [3.63, 3.8) is 0 Å². The number of nitrogens with two attached hydrogens (primary N) is 1. The fraction of sp³-hybridized carbons (Fsp3) is 0.375. The van der Waals surface area contributed by atoms with Crippen molar-refractivity contribution >= 4 is 11.9 Å². The zero-order valence-electron chi connectivity index (χ0n) is 22.7. The number of phenols is 1. The summed E-state index contributed by atoms with van der Waals surface area (Å²) in [5.74, 6) is -1.72. The van der Waals surface area contributed by atoms with Crippen molar-refractivity contribution in [2.75, 3.05) is 6.54 Å². The van der Waals surface area contributed by atoms with E-state index in [2.05, 4.69) is 60.8 Å². The minimum absolute atomic E-state index is 0.0673. The molecule has 7 nitrogen and oxygen atoms in total. The predicted octanol–water partition coefficient (Wildman–Crippen LogP) is 3.00. The number of rotatable bonds is 10. The van der Waals surface area contributed by atoms with Crippen molar-refractivity contribution in [1.29, 1.82) is 0 Å². The second kappa shape index (κ2) is 14.5. The number of carbonyl (C=O) groups excluding carboxylic acids is 1. The minimum Gasteiger partial charge on any atom is -0.550 e. The van der Waals surface area contributed by atoms with Crippen molar-refractivity contribution in [2.45, 2.75) is 70.4 Å². The van der Waals surface area contributed by atoms with Gasteiger partial charge in [0.1, 0.15) is 17.9 Å². The number of aryl methyl sites for hydroxylation is 3. The number of aliphatic carboxylic acids is 2. The molecule has 0 heterocycles. The molecule has 0 bridgehead atoms. The molecule has 0 fully saturated rings. The van der Waals surface area contributed by atoms with Crippen molar-refractivity contribution in [1.82, 2.24) is 0 Å². The molecule has 0 saturated heterocycles. The predicted molar refractivity (Wildman–Crippen MR) is 147 cm³/mol. The maximum absolute atomic E-state index is 10.7. The number of aliphatic hydroxyl groups excluding tert-OH is 1. The topological polar surface area (TPSA) is 134 Å². The third-order valence-electron chi connectivity index (χ3n) is 7.36. The molecule has 0 saturated carbocycles. The van der Waals surface area contributed by atoms with E-state index in [4.69, 9.17) is 5.11 Å². The monoisotopic (exact) mass is 533 g/mol. The van der Waals surface area contributed by atoms with E-state index in [0.717, 1.165) is 43.4 Å². The van der Waals surface area contributed by atoms with Gasteiger partial charge >= 0.3 is 5.97 Å². The molecule has 208 valence electrons. The highest BCUT2D eigenvalue weighted by molar-refractivity contribution is 5.74. The van der Waals surface area contributed by atoms with Gasteiger partial charge in [-0.15, -0.1) is 0 Å². The fourth-order valence-corrected chi connectivity index (χ4v) is 5.16. The normalized spacial score (nSPS) is 14.1. The molecular formula is C32H39NO6. The van der Waals surface area contributed by atoms with Crippen LogP contribution >= 0.6 is 0 Å². The Hall–Kier alpha value is -3.68. The Bertz CT molecular complexity index is 1200. The van der Waals surface area contributed by atoms with Crippen LogP contribution in [0.15, 0.2) is 66.7 Å². The molecule has 0 radical (unpaired) electrons. The average molecular weight is 534 g/mol. The lowest BCUT2D eigenvalue weighted by Crippen LogP contribution is -2.90. The number of aromatic hydroxyl groups is 1.